The number of guanidine groups is 1. The van der Waals surface area contributed by atoms with Gasteiger partial charge in [0.25, 0.3) is 0 Å². The van der Waals surface area contributed by atoms with Crippen molar-refractivity contribution in [3.8, 4) is 0 Å². The van der Waals surface area contributed by atoms with E-state index in [1.54, 1.807) is 12.1 Å². The fourth-order valence-electron chi connectivity index (χ4n) is 3.18. The normalized spacial score (nSPS) is 14.9. The maximum atomic E-state index is 11.2. The third-order valence-electron chi connectivity index (χ3n) is 4.69. The minimum Gasteiger partial charge on any atom is -0.368 e. The summed E-state index contributed by atoms with van der Waals surface area (Å²) in [6.07, 6.45) is 0. The van der Waals surface area contributed by atoms with Crippen LogP contribution < -0.4 is 16.0 Å². The number of benzene rings is 2. The second-order valence-electron chi connectivity index (χ2n) is 6.54. The number of nitrogens with one attached hydrogen (secondary N) is 1. The molecule has 0 unspecified atom stereocenters. The molecule has 2 aromatic rings. The number of amides is 1. The molecule has 6 heteroatoms. The van der Waals surface area contributed by atoms with E-state index in [1.807, 2.05) is 18.2 Å². The lowest BCUT2D eigenvalue weighted by molar-refractivity contribution is 0.100. The Morgan fingerprint density at radius 3 is 2.30 bits per heavy atom. The van der Waals surface area contributed by atoms with Gasteiger partial charge in [0.1, 0.15) is 0 Å². The Hall–Kier alpha value is -3.02. The van der Waals surface area contributed by atoms with Crippen molar-refractivity contribution in [3.63, 3.8) is 0 Å². The molecule has 3 rings (SSSR count). The van der Waals surface area contributed by atoms with Gasteiger partial charge in [-0.15, -0.1) is 0 Å². The van der Waals surface area contributed by atoms with Gasteiger partial charge in [-0.3, -0.25) is 4.79 Å². The molecule has 0 aromatic heterocycles. The van der Waals surface area contributed by atoms with E-state index in [9.17, 15) is 4.79 Å². The van der Waals surface area contributed by atoms with Gasteiger partial charge in [0, 0.05) is 44.0 Å². The number of nitrogens with two attached hydrogens (primary N) is 1. The minimum absolute atomic E-state index is 0.408. The predicted octanol–water partition coefficient (Wildman–Crippen LogP) is 2.07. The molecule has 0 atom stereocenters. The highest BCUT2D eigenvalue weighted by Crippen LogP contribution is 2.15. The summed E-state index contributed by atoms with van der Waals surface area (Å²) < 4.78 is 0. The first-order valence-corrected chi connectivity index (χ1v) is 9.39. The van der Waals surface area contributed by atoms with Crippen LogP contribution in [-0.4, -0.2) is 49.5 Å². The maximum absolute atomic E-state index is 11.2. The van der Waals surface area contributed by atoms with Crippen LogP contribution in [0.3, 0.4) is 0 Å². The zero-order valence-corrected chi connectivity index (χ0v) is 15.8. The number of hydrogen-bond acceptors (Lipinski definition) is 3. The van der Waals surface area contributed by atoms with Crippen molar-refractivity contribution in [2.75, 3.05) is 37.6 Å². The highest BCUT2D eigenvalue weighted by Gasteiger charge is 2.19. The van der Waals surface area contributed by atoms with Gasteiger partial charge in [0.05, 0.1) is 6.54 Å². The molecule has 0 spiro atoms. The Kier molecular flexibility index (Phi) is 6.30. The lowest BCUT2D eigenvalue weighted by Crippen LogP contribution is -2.52. The van der Waals surface area contributed by atoms with E-state index in [0.29, 0.717) is 12.1 Å². The summed E-state index contributed by atoms with van der Waals surface area (Å²) in [5, 5.41) is 3.39. The Balaban J connectivity index is 1.61. The fourth-order valence-corrected chi connectivity index (χ4v) is 3.18. The first kappa shape index (κ1) is 18.8. The van der Waals surface area contributed by atoms with E-state index < -0.39 is 5.91 Å². The fraction of sp³-hybridized carbons (Fsp3) is 0.333. The maximum Gasteiger partial charge on any atom is 0.248 e. The molecule has 1 saturated heterocycles. The zero-order valence-electron chi connectivity index (χ0n) is 15.8. The van der Waals surface area contributed by atoms with E-state index in [-0.39, 0.29) is 0 Å². The first-order valence-electron chi connectivity index (χ1n) is 9.39. The van der Waals surface area contributed by atoms with Crippen molar-refractivity contribution >= 4 is 17.6 Å². The molecule has 1 heterocycles. The molecule has 1 amide bonds. The highest BCUT2D eigenvalue weighted by molar-refractivity contribution is 5.92. The number of primary amides is 1. The van der Waals surface area contributed by atoms with Crippen LogP contribution in [0.4, 0.5) is 5.69 Å². The van der Waals surface area contributed by atoms with Crippen molar-refractivity contribution in [2.45, 2.75) is 13.5 Å². The molecule has 0 radical (unpaired) electrons. The molecule has 3 N–H and O–H groups in total. The molecule has 0 aliphatic carbocycles. The van der Waals surface area contributed by atoms with Crippen LogP contribution in [0.5, 0.6) is 0 Å². The SMILES string of the molecule is CCNC(=NCc1ccc(C(N)=O)cc1)N1CCN(c2ccccc2)CC1. The summed E-state index contributed by atoms with van der Waals surface area (Å²) in [5.74, 6) is 0.527. The van der Waals surface area contributed by atoms with E-state index in [1.165, 1.54) is 5.69 Å². The standard InChI is InChI=1S/C21H27N5O/c1-2-23-21(24-16-17-8-10-18(11-9-17)20(22)27)26-14-12-25(13-15-26)19-6-4-3-5-7-19/h3-11H,2,12-16H2,1H3,(H2,22,27)(H,23,24). The summed E-state index contributed by atoms with van der Waals surface area (Å²) in [6, 6.07) is 17.8. The van der Waals surface area contributed by atoms with Crippen molar-refractivity contribution < 1.29 is 4.79 Å². The van der Waals surface area contributed by atoms with Crippen LogP contribution >= 0.6 is 0 Å². The van der Waals surface area contributed by atoms with Crippen LogP contribution in [0.15, 0.2) is 59.6 Å². The van der Waals surface area contributed by atoms with Gasteiger partial charge in [-0.25, -0.2) is 4.99 Å². The molecule has 27 heavy (non-hydrogen) atoms. The van der Waals surface area contributed by atoms with Gasteiger partial charge in [-0.2, -0.15) is 0 Å². The average molecular weight is 365 g/mol. The minimum atomic E-state index is -0.408. The zero-order chi connectivity index (χ0) is 19.1. The second-order valence-corrected chi connectivity index (χ2v) is 6.54. The number of carbonyl (C=O) groups excluding carboxylic acids is 1. The molecule has 2 aromatic carbocycles. The van der Waals surface area contributed by atoms with Crippen LogP contribution in [-0.2, 0) is 6.54 Å². The number of piperazine rings is 1. The number of rotatable bonds is 5. The molecule has 0 bridgehead atoms. The van der Waals surface area contributed by atoms with Crippen LogP contribution in [0.25, 0.3) is 0 Å². The number of nitrogens with zero attached hydrogens (tertiary/aromatic N) is 3. The highest BCUT2D eigenvalue weighted by atomic mass is 16.1. The lowest BCUT2D eigenvalue weighted by Gasteiger charge is -2.37. The van der Waals surface area contributed by atoms with Gasteiger partial charge in [0.2, 0.25) is 5.91 Å². The van der Waals surface area contributed by atoms with Crippen LogP contribution in [0.2, 0.25) is 0 Å². The average Bonchev–Trinajstić information content (AvgIpc) is 2.72. The summed E-state index contributed by atoms with van der Waals surface area (Å²) in [5.41, 5.74) is 8.14. The van der Waals surface area contributed by atoms with E-state index in [2.05, 4.69) is 46.3 Å². The predicted molar refractivity (Wildman–Crippen MR) is 110 cm³/mol. The molecular weight excluding hydrogens is 338 g/mol. The van der Waals surface area contributed by atoms with Crippen LogP contribution in [0.1, 0.15) is 22.8 Å². The molecule has 6 nitrogen and oxygen atoms in total. The molecule has 0 saturated carbocycles. The molecule has 1 aliphatic rings. The molecule has 142 valence electrons. The molecule has 1 fully saturated rings. The Bertz CT molecular complexity index is 765. The number of hydrogen-bond donors (Lipinski definition) is 2. The van der Waals surface area contributed by atoms with Crippen molar-refractivity contribution in [1.82, 2.24) is 10.2 Å². The van der Waals surface area contributed by atoms with Crippen molar-refractivity contribution in [3.05, 3.63) is 65.7 Å². The number of para-hydroxylation sites is 1. The number of aliphatic imine (C=N–C) groups is 1. The quantitative estimate of drug-likeness (QED) is 0.628. The topological polar surface area (TPSA) is 74.0 Å². The Labute approximate surface area is 160 Å². The van der Waals surface area contributed by atoms with E-state index >= 15 is 0 Å². The van der Waals surface area contributed by atoms with Crippen molar-refractivity contribution in [2.24, 2.45) is 10.7 Å². The summed E-state index contributed by atoms with van der Waals surface area (Å²) in [4.78, 5) is 20.7. The summed E-state index contributed by atoms with van der Waals surface area (Å²) >= 11 is 0. The third kappa shape index (κ3) is 5.00. The smallest absolute Gasteiger partial charge is 0.248 e. The lowest BCUT2D eigenvalue weighted by atomic mass is 10.1. The van der Waals surface area contributed by atoms with Gasteiger partial charge in [-0.1, -0.05) is 30.3 Å². The van der Waals surface area contributed by atoms with Gasteiger partial charge < -0.3 is 20.9 Å². The molecular formula is C21H27N5O. The first-order chi connectivity index (χ1) is 13.2. The Morgan fingerprint density at radius 2 is 1.70 bits per heavy atom. The van der Waals surface area contributed by atoms with Gasteiger partial charge in [0.15, 0.2) is 5.96 Å². The summed E-state index contributed by atoms with van der Waals surface area (Å²) in [7, 11) is 0. The number of carbonyl (C=O) groups is 1. The summed E-state index contributed by atoms with van der Waals surface area (Å²) in [6.45, 7) is 7.29. The molecule has 1 aliphatic heterocycles. The monoisotopic (exact) mass is 365 g/mol. The van der Waals surface area contributed by atoms with Gasteiger partial charge in [-0.05, 0) is 36.8 Å². The van der Waals surface area contributed by atoms with Crippen LogP contribution in [0, 0.1) is 0 Å². The Morgan fingerprint density at radius 1 is 1.04 bits per heavy atom. The second kappa shape index (κ2) is 9.07. The van der Waals surface area contributed by atoms with E-state index in [4.69, 9.17) is 10.7 Å². The largest absolute Gasteiger partial charge is 0.368 e. The third-order valence-corrected chi connectivity index (χ3v) is 4.69. The van der Waals surface area contributed by atoms with Gasteiger partial charge >= 0.3 is 0 Å². The van der Waals surface area contributed by atoms with E-state index in [0.717, 1.165) is 44.2 Å². The van der Waals surface area contributed by atoms with Crippen molar-refractivity contribution in [1.29, 1.82) is 0 Å². The number of anilines is 1.